The molecular formula is C13H18Br2O. The van der Waals surface area contributed by atoms with Crippen molar-refractivity contribution in [1.29, 1.82) is 0 Å². The van der Waals surface area contributed by atoms with Gasteiger partial charge < -0.3 is 4.74 Å². The van der Waals surface area contributed by atoms with Gasteiger partial charge in [0.2, 0.25) is 0 Å². The van der Waals surface area contributed by atoms with E-state index in [4.69, 9.17) is 4.74 Å². The maximum atomic E-state index is 5.46. The van der Waals surface area contributed by atoms with Gasteiger partial charge in [-0.2, -0.15) is 0 Å². The lowest BCUT2D eigenvalue weighted by Gasteiger charge is -2.13. The monoisotopic (exact) mass is 348 g/mol. The van der Waals surface area contributed by atoms with Crippen molar-refractivity contribution in [2.75, 3.05) is 6.61 Å². The summed E-state index contributed by atoms with van der Waals surface area (Å²) in [5, 5.41) is 0. The van der Waals surface area contributed by atoms with Crippen LogP contribution in [0.4, 0.5) is 0 Å². The second-order valence-electron chi connectivity index (χ2n) is 3.73. The summed E-state index contributed by atoms with van der Waals surface area (Å²) in [5.74, 6) is 0.924. The molecular weight excluding hydrogens is 332 g/mol. The van der Waals surface area contributed by atoms with E-state index >= 15 is 0 Å². The van der Waals surface area contributed by atoms with Crippen LogP contribution >= 0.6 is 31.9 Å². The number of hydrogen-bond acceptors (Lipinski definition) is 1. The van der Waals surface area contributed by atoms with Crippen LogP contribution in [0.5, 0.6) is 5.75 Å². The summed E-state index contributed by atoms with van der Waals surface area (Å²) in [6, 6.07) is 6.20. The molecule has 0 radical (unpaired) electrons. The van der Waals surface area contributed by atoms with Crippen molar-refractivity contribution >= 4 is 31.9 Å². The van der Waals surface area contributed by atoms with E-state index in [1.54, 1.807) is 0 Å². The number of benzene rings is 1. The van der Waals surface area contributed by atoms with Gasteiger partial charge in [0.1, 0.15) is 5.75 Å². The van der Waals surface area contributed by atoms with Gasteiger partial charge in [-0.15, -0.1) is 0 Å². The first-order valence-electron chi connectivity index (χ1n) is 5.75. The molecule has 0 aliphatic heterocycles. The molecule has 0 aliphatic rings. The van der Waals surface area contributed by atoms with Crippen molar-refractivity contribution in [1.82, 2.24) is 0 Å². The maximum absolute atomic E-state index is 5.46. The summed E-state index contributed by atoms with van der Waals surface area (Å²) >= 11 is 7.33. The highest BCUT2D eigenvalue weighted by atomic mass is 79.9. The van der Waals surface area contributed by atoms with Gasteiger partial charge in [-0.3, -0.25) is 0 Å². The number of rotatable bonds is 6. The molecule has 1 aromatic carbocycles. The minimum Gasteiger partial charge on any atom is -0.494 e. The fraction of sp³-hybridized carbons (Fsp3) is 0.538. The SMILES string of the molecule is CCCCC(Br)c1ccc(OCC)cc1Br. The molecule has 0 N–H and O–H groups in total. The first-order valence-corrected chi connectivity index (χ1v) is 7.46. The first-order chi connectivity index (χ1) is 7.69. The number of ether oxygens (including phenoxy) is 1. The zero-order chi connectivity index (χ0) is 12.0. The van der Waals surface area contributed by atoms with Gasteiger partial charge in [0.25, 0.3) is 0 Å². The molecule has 0 bridgehead atoms. The van der Waals surface area contributed by atoms with Crippen LogP contribution in [-0.4, -0.2) is 6.61 Å². The lowest BCUT2D eigenvalue weighted by Crippen LogP contribution is -1.95. The summed E-state index contributed by atoms with van der Waals surface area (Å²) in [7, 11) is 0. The summed E-state index contributed by atoms with van der Waals surface area (Å²) in [5.41, 5.74) is 1.30. The minimum atomic E-state index is 0.428. The molecule has 0 amide bonds. The van der Waals surface area contributed by atoms with Crippen LogP contribution in [0.15, 0.2) is 22.7 Å². The molecule has 1 aromatic rings. The van der Waals surface area contributed by atoms with E-state index in [-0.39, 0.29) is 0 Å². The van der Waals surface area contributed by atoms with Gasteiger partial charge in [-0.05, 0) is 31.0 Å². The smallest absolute Gasteiger partial charge is 0.120 e. The molecule has 0 fully saturated rings. The highest BCUT2D eigenvalue weighted by molar-refractivity contribution is 9.11. The van der Waals surface area contributed by atoms with Crippen LogP contribution in [0.3, 0.4) is 0 Å². The molecule has 3 heteroatoms. The summed E-state index contributed by atoms with van der Waals surface area (Å²) in [6.45, 7) is 4.92. The quantitative estimate of drug-likeness (QED) is 0.618. The number of hydrogen-bond donors (Lipinski definition) is 0. The van der Waals surface area contributed by atoms with Gasteiger partial charge in [0, 0.05) is 9.30 Å². The largest absolute Gasteiger partial charge is 0.494 e. The Morgan fingerprint density at radius 1 is 1.31 bits per heavy atom. The standard InChI is InChI=1S/C13H18Br2O/c1-3-5-6-12(14)11-8-7-10(16-4-2)9-13(11)15/h7-9,12H,3-6H2,1-2H3. The van der Waals surface area contributed by atoms with E-state index in [1.165, 1.54) is 24.8 Å². The molecule has 0 aliphatic carbocycles. The third-order valence-electron chi connectivity index (χ3n) is 2.43. The van der Waals surface area contributed by atoms with Crippen molar-refractivity contribution < 1.29 is 4.74 Å². The first kappa shape index (κ1) is 14.0. The van der Waals surface area contributed by atoms with Crippen LogP contribution in [0, 0.1) is 0 Å². The molecule has 1 nitrogen and oxygen atoms in total. The fourth-order valence-corrected chi connectivity index (χ4v) is 3.22. The molecule has 90 valence electrons. The predicted octanol–water partition coefficient (Wildman–Crippen LogP) is 5.47. The Kier molecular flexibility index (Phi) is 6.44. The molecule has 16 heavy (non-hydrogen) atoms. The third kappa shape index (κ3) is 4.10. The van der Waals surface area contributed by atoms with Crippen molar-refractivity contribution in [2.45, 2.75) is 37.9 Å². The third-order valence-corrected chi connectivity index (χ3v) is 4.07. The van der Waals surface area contributed by atoms with Crippen LogP contribution in [-0.2, 0) is 0 Å². The maximum Gasteiger partial charge on any atom is 0.120 e. The lowest BCUT2D eigenvalue weighted by molar-refractivity contribution is 0.340. The van der Waals surface area contributed by atoms with Crippen molar-refractivity contribution in [3.8, 4) is 5.75 Å². The highest BCUT2D eigenvalue weighted by Gasteiger charge is 2.11. The number of halogens is 2. The van der Waals surface area contributed by atoms with Gasteiger partial charge in [0.15, 0.2) is 0 Å². The van der Waals surface area contributed by atoms with Gasteiger partial charge in [-0.25, -0.2) is 0 Å². The molecule has 1 rings (SSSR count). The average molecular weight is 350 g/mol. The molecule has 0 saturated heterocycles. The van der Waals surface area contributed by atoms with Gasteiger partial charge in [-0.1, -0.05) is 57.7 Å². The van der Waals surface area contributed by atoms with E-state index in [2.05, 4.69) is 44.8 Å². The van der Waals surface area contributed by atoms with E-state index in [9.17, 15) is 0 Å². The summed E-state index contributed by atoms with van der Waals surface area (Å²) in [6.07, 6.45) is 3.65. The second kappa shape index (κ2) is 7.33. The minimum absolute atomic E-state index is 0.428. The van der Waals surface area contributed by atoms with E-state index in [0.717, 1.165) is 10.2 Å². The number of alkyl halides is 1. The molecule has 0 heterocycles. The zero-order valence-electron chi connectivity index (χ0n) is 9.80. The Morgan fingerprint density at radius 3 is 2.62 bits per heavy atom. The Morgan fingerprint density at radius 2 is 2.06 bits per heavy atom. The van der Waals surface area contributed by atoms with Crippen LogP contribution in [0.1, 0.15) is 43.5 Å². The zero-order valence-corrected chi connectivity index (χ0v) is 13.0. The predicted molar refractivity (Wildman–Crippen MR) is 76.5 cm³/mol. The molecule has 0 saturated carbocycles. The molecule has 1 unspecified atom stereocenters. The Balaban J connectivity index is 2.73. The van der Waals surface area contributed by atoms with Crippen molar-refractivity contribution in [2.24, 2.45) is 0 Å². The Hall–Kier alpha value is -0.0200. The Bertz CT molecular complexity index is 326. The summed E-state index contributed by atoms with van der Waals surface area (Å²) in [4.78, 5) is 0.428. The molecule has 0 aromatic heterocycles. The van der Waals surface area contributed by atoms with Gasteiger partial charge >= 0.3 is 0 Å². The van der Waals surface area contributed by atoms with E-state index in [1.807, 2.05) is 19.1 Å². The average Bonchev–Trinajstić information content (AvgIpc) is 2.26. The lowest BCUT2D eigenvalue weighted by atomic mass is 10.1. The van der Waals surface area contributed by atoms with E-state index < -0.39 is 0 Å². The summed E-state index contributed by atoms with van der Waals surface area (Å²) < 4.78 is 6.58. The highest BCUT2D eigenvalue weighted by Crippen LogP contribution is 2.35. The fourth-order valence-electron chi connectivity index (χ4n) is 1.56. The Labute approximate surface area is 115 Å². The second-order valence-corrected chi connectivity index (χ2v) is 5.69. The van der Waals surface area contributed by atoms with Crippen molar-refractivity contribution in [3.05, 3.63) is 28.2 Å². The van der Waals surface area contributed by atoms with Crippen molar-refractivity contribution in [3.63, 3.8) is 0 Å². The van der Waals surface area contributed by atoms with E-state index in [0.29, 0.717) is 11.4 Å². The van der Waals surface area contributed by atoms with Crippen LogP contribution in [0.2, 0.25) is 0 Å². The number of unbranched alkanes of at least 4 members (excludes halogenated alkanes) is 1. The van der Waals surface area contributed by atoms with Gasteiger partial charge in [0.05, 0.1) is 6.61 Å². The molecule has 1 atom stereocenters. The normalized spacial score (nSPS) is 12.5. The molecule has 0 spiro atoms. The van der Waals surface area contributed by atoms with Crippen LogP contribution < -0.4 is 4.74 Å². The van der Waals surface area contributed by atoms with Crippen LogP contribution in [0.25, 0.3) is 0 Å². The topological polar surface area (TPSA) is 9.23 Å².